The Morgan fingerprint density at radius 3 is 2.83 bits per heavy atom. The molecule has 3 heterocycles. The number of nitrogens with zero attached hydrogens (tertiary/aromatic N) is 4. The summed E-state index contributed by atoms with van der Waals surface area (Å²) in [6, 6.07) is 1.22. The van der Waals surface area contributed by atoms with Crippen molar-refractivity contribution >= 4 is 11.6 Å². The lowest BCUT2D eigenvalue weighted by atomic mass is 10.0. The van der Waals surface area contributed by atoms with E-state index in [0.717, 1.165) is 62.6 Å². The molecule has 0 spiro atoms. The largest absolute Gasteiger partial charge is 0.378 e. The highest BCUT2D eigenvalue weighted by atomic mass is 35.5. The van der Waals surface area contributed by atoms with E-state index in [4.69, 9.17) is 16.3 Å². The zero-order valence-corrected chi connectivity index (χ0v) is 14.9. The second-order valence-electron chi connectivity index (χ2n) is 7.26. The van der Waals surface area contributed by atoms with Crippen molar-refractivity contribution in [2.45, 2.75) is 44.8 Å². The quantitative estimate of drug-likeness (QED) is 0.840. The predicted octanol–water partition coefficient (Wildman–Crippen LogP) is 1.93. The summed E-state index contributed by atoms with van der Waals surface area (Å²) in [6.07, 6.45) is 3.73. The van der Waals surface area contributed by atoms with Gasteiger partial charge < -0.3 is 4.74 Å². The summed E-state index contributed by atoms with van der Waals surface area (Å²) < 4.78 is 7.72. The Hall–Kier alpha value is -0.620. The van der Waals surface area contributed by atoms with Gasteiger partial charge in [0, 0.05) is 50.9 Å². The molecule has 0 radical (unpaired) electrons. The van der Waals surface area contributed by atoms with Crippen molar-refractivity contribution in [3.05, 3.63) is 16.4 Å². The summed E-state index contributed by atoms with van der Waals surface area (Å²) in [5.74, 6) is 0.892. The molecule has 1 aromatic heterocycles. The molecule has 1 aliphatic carbocycles. The Kier molecular flexibility index (Phi) is 4.39. The molecule has 3 aliphatic rings. The highest BCUT2D eigenvalue weighted by Crippen LogP contribution is 2.38. The molecule has 0 N–H and O–H groups in total. The van der Waals surface area contributed by atoms with Crippen molar-refractivity contribution in [1.29, 1.82) is 0 Å². The first-order chi connectivity index (χ1) is 11.2. The Balaban J connectivity index is 1.44. The minimum Gasteiger partial charge on any atom is -0.378 e. The molecule has 4 rings (SSSR count). The standard InChI is InChI=1S/C17H27ClN4O/c1-3-15-14(17(18)20(2)19-15)9-21-6-7-22-13(8-21)10-23-11-16(22)12-4-5-12/h12-13,16H,3-11H2,1-2H3/t13-,16-/m1/s1. The number of rotatable bonds is 4. The van der Waals surface area contributed by atoms with Gasteiger partial charge in [-0.15, -0.1) is 0 Å². The van der Waals surface area contributed by atoms with Crippen molar-refractivity contribution < 1.29 is 4.74 Å². The summed E-state index contributed by atoms with van der Waals surface area (Å²) in [6.45, 7) is 8.24. The fourth-order valence-electron chi connectivity index (χ4n) is 4.23. The summed E-state index contributed by atoms with van der Waals surface area (Å²) in [5, 5.41) is 5.33. The first kappa shape index (κ1) is 15.9. The second kappa shape index (κ2) is 6.36. The van der Waals surface area contributed by atoms with Crippen LogP contribution in [-0.4, -0.2) is 64.5 Å². The van der Waals surface area contributed by atoms with Crippen LogP contribution in [0.1, 0.15) is 31.0 Å². The van der Waals surface area contributed by atoms with Crippen molar-refractivity contribution in [3.63, 3.8) is 0 Å². The van der Waals surface area contributed by atoms with E-state index in [-0.39, 0.29) is 0 Å². The van der Waals surface area contributed by atoms with Crippen molar-refractivity contribution in [2.24, 2.45) is 13.0 Å². The van der Waals surface area contributed by atoms with Crippen LogP contribution in [0.25, 0.3) is 0 Å². The maximum absolute atomic E-state index is 6.46. The maximum Gasteiger partial charge on any atom is 0.131 e. The van der Waals surface area contributed by atoms with Crippen LogP contribution < -0.4 is 0 Å². The van der Waals surface area contributed by atoms with E-state index in [1.54, 1.807) is 4.68 Å². The van der Waals surface area contributed by atoms with Crippen molar-refractivity contribution in [3.8, 4) is 0 Å². The lowest BCUT2D eigenvalue weighted by molar-refractivity contribution is -0.0880. The molecule has 5 nitrogen and oxygen atoms in total. The van der Waals surface area contributed by atoms with Gasteiger partial charge >= 0.3 is 0 Å². The zero-order chi connectivity index (χ0) is 16.0. The lowest BCUT2D eigenvalue weighted by Gasteiger charge is -2.48. The molecule has 0 amide bonds. The topological polar surface area (TPSA) is 33.5 Å². The number of morpholine rings is 1. The summed E-state index contributed by atoms with van der Waals surface area (Å²) >= 11 is 6.46. The Labute approximate surface area is 143 Å². The summed E-state index contributed by atoms with van der Waals surface area (Å²) in [7, 11) is 1.93. The van der Waals surface area contributed by atoms with Crippen LogP contribution in [0.2, 0.25) is 5.15 Å². The third kappa shape index (κ3) is 3.04. The molecule has 3 fully saturated rings. The van der Waals surface area contributed by atoms with Gasteiger partial charge in [-0.2, -0.15) is 5.10 Å². The number of aromatic nitrogens is 2. The van der Waals surface area contributed by atoms with E-state index in [0.29, 0.717) is 12.1 Å². The average Bonchev–Trinajstić information content (AvgIpc) is 3.37. The van der Waals surface area contributed by atoms with E-state index < -0.39 is 0 Å². The van der Waals surface area contributed by atoms with Crippen LogP contribution >= 0.6 is 11.6 Å². The Morgan fingerprint density at radius 2 is 2.09 bits per heavy atom. The molecule has 128 valence electrons. The third-order valence-electron chi connectivity index (χ3n) is 5.67. The zero-order valence-electron chi connectivity index (χ0n) is 14.2. The number of piperazine rings is 1. The molecule has 0 aromatic carbocycles. The van der Waals surface area contributed by atoms with E-state index in [9.17, 15) is 0 Å². The monoisotopic (exact) mass is 338 g/mol. The molecule has 23 heavy (non-hydrogen) atoms. The number of hydrogen-bond acceptors (Lipinski definition) is 4. The van der Waals surface area contributed by atoms with Crippen molar-refractivity contribution in [1.82, 2.24) is 19.6 Å². The first-order valence-electron chi connectivity index (χ1n) is 8.93. The van der Waals surface area contributed by atoms with Gasteiger partial charge in [0.1, 0.15) is 5.15 Å². The third-order valence-corrected chi connectivity index (χ3v) is 6.14. The van der Waals surface area contributed by atoms with Crippen LogP contribution in [0.4, 0.5) is 0 Å². The van der Waals surface area contributed by atoms with E-state index >= 15 is 0 Å². The molecule has 0 unspecified atom stereocenters. The number of fused-ring (bicyclic) bond motifs is 1. The average molecular weight is 339 g/mol. The molecule has 1 aromatic rings. The van der Waals surface area contributed by atoms with Crippen LogP contribution in [0.15, 0.2) is 0 Å². The minimum atomic E-state index is 0.545. The molecule has 6 heteroatoms. The predicted molar refractivity (Wildman–Crippen MR) is 90.7 cm³/mol. The van der Waals surface area contributed by atoms with Gasteiger partial charge in [0.15, 0.2) is 0 Å². The highest BCUT2D eigenvalue weighted by molar-refractivity contribution is 6.30. The van der Waals surface area contributed by atoms with Gasteiger partial charge in [-0.25, -0.2) is 0 Å². The molecule has 2 aliphatic heterocycles. The van der Waals surface area contributed by atoms with Gasteiger partial charge in [-0.05, 0) is 25.2 Å². The SMILES string of the molecule is CCc1nn(C)c(Cl)c1CN1CCN2[C@@H](COC[C@@H]2C2CC2)C1. The summed E-state index contributed by atoms with van der Waals surface area (Å²) in [4.78, 5) is 5.26. The normalized spacial score (nSPS) is 29.7. The summed E-state index contributed by atoms with van der Waals surface area (Å²) in [5.41, 5.74) is 2.34. The first-order valence-corrected chi connectivity index (χ1v) is 9.31. The molecular weight excluding hydrogens is 312 g/mol. The molecule has 2 saturated heterocycles. The van der Waals surface area contributed by atoms with Gasteiger partial charge in [0.2, 0.25) is 0 Å². The Bertz CT molecular complexity index is 571. The smallest absolute Gasteiger partial charge is 0.131 e. The minimum absolute atomic E-state index is 0.545. The van der Waals surface area contributed by atoms with Gasteiger partial charge in [0.05, 0.1) is 18.9 Å². The number of hydrogen-bond donors (Lipinski definition) is 0. The van der Waals surface area contributed by atoms with Gasteiger partial charge in [-0.1, -0.05) is 18.5 Å². The number of aryl methyl sites for hydroxylation is 2. The maximum atomic E-state index is 6.46. The molecule has 0 bridgehead atoms. The fourth-order valence-corrected chi connectivity index (χ4v) is 4.44. The van der Waals surface area contributed by atoms with Crippen LogP contribution in [0.5, 0.6) is 0 Å². The lowest BCUT2D eigenvalue weighted by Crippen LogP contribution is -2.62. The van der Waals surface area contributed by atoms with Gasteiger partial charge in [0.25, 0.3) is 0 Å². The van der Waals surface area contributed by atoms with E-state index in [2.05, 4.69) is 21.8 Å². The molecule has 1 saturated carbocycles. The van der Waals surface area contributed by atoms with Crippen LogP contribution in [0.3, 0.4) is 0 Å². The van der Waals surface area contributed by atoms with E-state index in [1.165, 1.54) is 18.4 Å². The van der Waals surface area contributed by atoms with Crippen molar-refractivity contribution in [2.75, 3.05) is 32.8 Å². The van der Waals surface area contributed by atoms with E-state index in [1.807, 2.05) is 7.05 Å². The molecule has 2 atom stereocenters. The molecular formula is C17H27ClN4O. The highest BCUT2D eigenvalue weighted by Gasteiger charge is 2.42. The number of halogens is 1. The van der Waals surface area contributed by atoms with Crippen LogP contribution in [-0.2, 0) is 24.8 Å². The fraction of sp³-hybridized carbons (Fsp3) is 0.824. The van der Waals surface area contributed by atoms with Crippen LogP contribution in [0, 0.1) is 5.92 Å². The Morgan fingerprint density at radius 1 is 1.26 bits per heavy atom. The van der Waals surface area contributed by atoms with Gasteiger partial charge in [-0.3, -0.25) is 14.5 Å². The number of ether oxygens (including phenoxy) is 1. The second-order valence-corrected chi connectivity index (χ2v) is 7.62.